The Balaban J connectivity index is 2.37. The highest BCUT2D eigenvalue weighted by Gasteiger charge is 2.18. The summed E-state index contributed by atoms with van der Waals surface area (Å²) >= 11 is 0. The molecular weight excluding hydrogens is 266 g/mol. The van der Waals surface area contributed by atoms with Gasteiger partial charge in [0.1, 0.15) is 18.0 Å². The molecule has 1 unspecified atom stereocenters. The fraction of sp³-hybridized carbons (Fsp3) is 0.500. The van der Waals surface area contributed by atoms with Crippen molar-refractivity contribution in [3.8, 4) is 6.07 Å². The molecule has 0 bridgehead atoms. The van der Waals surface area contributed by atoms with E-state index in [4.69, 9.17) is 0 Å². The first kappa shape index (κ1) is 14.9. The van der Waals surface area contributed by atoms with Crippen molar-refractivity contribution in [2.75, 3.05) is 5.32 Å². The summed E-state index contributed by atoms with van der Waals surface area (Å²) in [6.45, 7) is 5.98. The van der Waals surface area contributed by atoms with E-state index in [-0.39, 0.29) is 6.04 Å². The minimum absolute atomic E-state index is 0.115. The van der Waals surface area contributed by atoms with Crippen LogP contribution in [-0.2, 0) is 19.9 Å². The first-order valence-electron chi connectivity index (χ1n) is 7.01. The SMILES string of the molecule is CCc1nnc(NC(C)c2nncn2C)c(C#N)c1CC. The van der Waals surface area contributed by atoms with Gasteiger partial charge in [0.15, 0.2) is 11.6 Å². The standard InChI is InChI=1S/C14H19N7/c1-5-10-11(7-15)13(19-18-12(10)6-2)17-9(3)14-20-16-8-21(14)4/h8-9H,5-6H2,1-4H3,(H,17,19). The van der Waals surface area contributed by atoms with Crippen LogP contribution >= 0.6 is 0 Å². The Morgan fingerprint density at radius 3 is 2.57 bits per heavy atom. The number of hydrogen-bond acceptors (Lipinski definition) is 6. The van der Waals surface area contributed by atoms with Gasteiger partial charge in [0.25, 0.3) is 0 Å². The largest absolute Gasteiger partial charge is 0.358 e. The third-order valence-electron chi connectivity index (χ3n) is 3.44. The van der Waals surface area contributed by atoms with Gasteiger partial charge in [-0.2, -0.15) is 10.4 Å². The number of nitrogens with zero attached hydrogens (tertiary/aromatic N) is 6. The molecule has 1 N–H and O–H groups in total. The van der Waals surface area contributed by atoms with Crippen molar-refractivity contribution < 1.29 is 0 Å². The van der Waals surface area contributed by atoms with Gasteiger partial charge in [-0.15, -0.1) is 15.3 Å². The van der Waals surface area contributed by atoms with Crippen LogP contribution in [0.15, 0.2) is 6.33 Å². The Bertz CT molecular complexity index is 668. The Kier molecular flexibility index (Phi) is 4.48. The van der Waals surface area contributed by atoms with Gasteiger partial charge in [-0.05, 0) is 25.3 Å². The van der Waals surface area contributed by atoms with E-state index in [0.29, 0.717) is 11.4 Å². The Labute approximate surface area is 124 Å². The number of rotatable bonds is 5. The normalized spacial score (nSPS) is 12.0. The molecule has 0 aliphatic carbocycles. The summed E-state index contributed by atoms with van der Waals surface area (Å²) in [5, 5.41) is 29.0. The van der Waals surface area contributed by atoms with Gasteiger partial charge in [-0.3, -0.25) is 0 Å². The van der Waals surface area contributed by atoms with Gasteiger partial charge in [-0.25, -0.2) is 0 Å². The number of nitrogens with one attached hydrogen (secondary N) is 1. The molecule has 0 fully saturated rings. The molecule has 0 aliphatic heterocycles. The van der Waals surface area contributed by atoms with E-state index in [1.165, 1.54) is 0 Å². The van der Waals surface area contributed by atoms with Gasteiger partial charge in [0.2, 0.25) is 0 Å². The average molecular weight is 285 g/mol. The summed E-state index contributed by atoms with van der Waals surface area (Å²) in [4.78, 5) is 0. The summed E-state index contributed by atoms with van der Waals surface area (Å²) in [5.74, 6) is 1.28. The van der Waals surface area contributed by atoms with Gasteiger partial charge < -0.3 is 9.88 Å². The topological polar surface area (TPSA) is 92.3 Å². The summed E-state index contributed by atoms with van der Waals surface area (Å²) in [7, 11) is 1.88. The maximum Gasteiger partial charge on any atom is 0.167 e. The predicted octanol–water partition coefficient (Wildman–Crippen LogP) is 1.77. The Morgan fingerprint density at radius 2 is 2.05 bits per heavy atom. The number of nitriles is 1. The number of anilines is 1. The van der Waals surface area contributed by atoms with E-state index in [2.05, 4.69) is 31.8 Å². The van der Waals surface area contributed by atoms with E-state index in [9.17, 15) is 5.26 Å². The van der Waals surface area contributed by atoms with Gasteiger partial charge in [0, 0.05) is 7.05 Å². The molecule has 0 amide bonds. The highest BCUT2D eigenvalue weighted by atomic mass is 15.3. The first-order valence-corrected chi connectivity index (χ1v) is 7.01. The fourth-order valence-electron chi connectivity index (χ4n) is 2.35. The van der Waals surface area contributed by atoms with Crippen LogP contribution in [0.1, 0.15) is 49.5 Å². The first-order chi connectivity index (χ1) is 10.1. The number of aromatic nitrogens is 5. The molecule has 1 atom stereocenters. The van der Waals surface area contributed by atoms with Crippen LogP contribution in [0.2, 0.25) is 0 Å². The highest BCUT2D eigenvalue weighted by molar-refractivity contribution is 5.57. The lowest BCUT2D eigenvalue weighted by Gasteiger charge is -2.16. The van der Waals surface area contributed by atoms with Crippen molar-refractivity contribution in [2.24, 2.45) is 7.05 Å². The second-order valence-electron chi connectivity index (χ2n) is 4.83. The van der Waals surface area contributed by atoms with Gasteiger partial charge >= 0.3 is 0 Å². The van der Waals surface area contributed by atoms with Crippen molar-refractivity contribution in [3.05, 3.63) is 29.0 Å². The van der Waals surface area contributed by atoms with Crippen LogP contribution < -0.4 is 5.32 Å². The van der Waals surface area contributed by atoms with Gasteiger partial charge in [-0.1, -0.05) is 13.8 Å². The summed E-state index contributed by atoms with van der Waals surface area (Å²) in [6.07, 6.45) is 3.17. The average Bonchev–Trinajstić information content (AvgIpc) is 2.92. The molecule has 0 saturated carbocycles. The van der Waals surface area contributed by atoms with Crippen molar-refractivity contribution in [3.63, 3.8) is 0 Å². The minimum atomic E-state index is -0.115. The van der Waals surface area contributed by atoms with Crippen molar-refractivity contribution in [1.29, 1.82) is 5.26 Å². The molecule has 0 aliphatic rings. The highest BCUT2D eigenvalue weighted by Crippen LogP contribution is 2.23. The molecule has 0 spiro atoms. The molecule has 110 valence electrons. The lowest BCUT2D eigenvalue weighted by molar-refractivity contribution is 0.711. The van der Waals surface area contributed by atoms with Gasteiger partial charge in [0.05, 0.1) is 11.7 Å². The smallest absolute Gasteiger partial charge is 0.167 e. The van der Waals surface area contributed by atoms with Crippen LogP contribution in [0, 0.1) is 11.3 Å². The van der Waals surface area contributed by atoms with Crippen molar-refractivity contribution in [1.82, 2.24) is 25.0 Å². The van der Waals surface area contributed by atoms with E-state index in [0.717, 1.165) is 29.9 Å². The minimum Gasteiger partial charge on any atom is -0.358 e. The zero-order valence-corrected chi connectivity index (χ0v) is 12.8. The lowest BCUT2D eigenvalue weighted by Crippen LogP contribution is -2.16. The molecule has 7 nitrogen and oxygen atoms in total. The predicted molar refractivity (Wildman–Crippen MR) is 78.5 cm³/mol. The summed E-state index contributed by atoms with van der Waals surface area (Å²) < 4.78 is 1.83. The molecule has 2 aromatic heterocycles. The fourth-order valence-corrected chi connectivity index (χ4v) is 2.35. The molecule has 0 aromatic carbocycles. The van der Waals surface area contributed by atoms with Crippen LogP contribution in [0.25, 0.3) is 0 Å². The quantitative estimate of drug-likeness (QED) is 0.900. The van der Waals surface area contributed by atoms with Crippen molar-refractivity contribution >= 4 is 5.82 Å². The van der Waals surface area contributed by atoms with Crippen molar-refractivity contribution in [2.45, 2.75) is 39.7 Å². The molecule has 2 heterocycles. The monoisotopic (exact) mass is 285 g/mol. The second kappa shape index (κ2) is 6.31. The van der Waals surface area contributed by atoms with E-state index in [1.54, 1.807) is 6.33 Å². The number of hydrogen-bond donors (Lipinski definition) is 1. The molecule has 0 saturated heterocycles. The van der Waals surface area contributed by atoms with Crippen LogP contribution in [-0.4, -0.2) is 25.0 Å². The van der Waals surface area contributed by atoms with E-state index in [1.807, 2.05) is 32.4 Å². The molecule has 21 heavy (non-hydrogen) atoms. The summed E-state index contributed by atoms with van der Waals surface area (Å²) in [6, 6.07) is 2.13. The third-order valence-corrected chi connectivity index (χ3v) is 3.44. The van der Waals surface area contributed by atoms with E-state index < -0.39 is 0 Å². The van der Waals surface area contributed by atoms with Crippen LogP contribution in [0.5, 0.6) is 0 Å². The molecule has 2 rings (SSSR count). The second-order valence-corrected chi connectivity index (χ2v) is 4.83. The Morgan fingerprint density at radius 1 is 1.29 bits per heavy atom. The zero-order valence-electron chi connectivity index (χ0n) is 12.8. The maximum atomic E-state index is 9.46. The summed E-state index contributed by atoms with van der Waals surface area (Å²) in [5.41, 5.74) is 2.41. The number of aryl methyl sites for hydroxylation is 2. The molecule has 0 radical (unpaired) electrons. The third kappa shape index (κ3) is 2.84. The van der Waals surface area contributed by atoms with E-state index >= 15 is 0 Å². The van der Waals surface area contributed by atoms with Crippen LogP contribution in [0.3, 0.4) is 0 Å². The Hall–Kier alpha value is -2.49. The maximum absolute atomic E-state index is 9.46. The molecule has 2 aromatic rings. The molecular formula is C14H19N7. The molecule has 7 heteroatoms. The van der Waals surface area contributed by atoms with Crippen LogP contribution in [0.4, 0.5) is 5.82 Å². The zero-order chi connectivity index (χ0) is 15.4. The lowest BCUT2D eigenvalue weighted by atomic mass is 10.0.